The molecule has 2 N–H and O–H groups in total. The van der Waals surface area contributed by atoms with Gasteiger partial charge in [0.1, 0.15) is 5.01 Å². The molecule has 1 fully saturated rings. The molecule has 0 saturated carbocycles. The van der Waals surface area contributed by atoms with Crippen molar-refractivity contribution in [3.8, 4) is 0 Å². The van der Waals surface area contributed by atoms with Crippen molar-refractivity contribution >= 4 is 17.3 Å². The fourth-order valence-electron chi connectivity index (χ4n) is 2.94. The second-order valence-electron chi connectivity index (χ2n) is 6.56. The Morgan fingerprint density at radius 1 is 1.15 bits per heavy atom. The van der Waals surface area contributed by atoms with E-state index in [-0.39, 0.29) is 0 Å². The van der Waals surface area contributed by atoms with Crippen molar-refractivity contribution in [3.63, 3.8) is 0 Å². The van der Waals surface area contributed by atoms with E-state index in [4.69, 9.17) is 4.74 Å². The van der Waals surface area contributed by atoms with Crippen LogP contribution in [0.5, 0.6) is 0 Å². The second-order valence-corrected chi connectivity index (χ2v) is 7.76. The van der Waals surface area contributed by atoms with E-state index in [0.29, 0.717) is 6.54 Å². The highest BCUT2D eigenvalue weighted by molar-refractivity contribution is 7.11. The van der Waals surface area contributed by atoms with Crippen LogP contribution in [-0.2, 0) is 30.8 Å². The largest absolute Gasteiger partial charge is 0.379 e. The maximum atomic E-state index is 5.41. The third kappa shape index (κ3) is 6.30. The molecule has 1 aliphatic heterocycles. The van der Waals surface area contributed by atoms with E-state index in [9.17, 15) is 0 Å². The van der Waals surface area contributed by atoms with Gasteiger partial charge in [0.05, 0.1) is 19.8 Å². The van der Waals surface area contributed by atoms with Crippen molar-refractivity contribution in [2.24, 2.45) is 4.99 Å². The summed E-state index contributed by atoms with van der Waals surface area (Å²) in [4.78, 5) is 12.5. The monoisotopic (exact) mass is 387 g/mol. The van der Waals surface area contributed by atoms with E-state index in [1.807, 2.05) is 6.20 Å². The maximum Gasteiger partial charge on any atom is 0.191 e. The predicted molar refractivity (Wildman–Crippen MR) is 111 cm³/mol. The smallest absolute Gasteiger partial charge is 0.191 e. The Labute approximate surface area is 165 Å². The Morgan fingerprint density at radius 2 is 1.85 bits per heavy atom. The van der Waals surface area contributed by atoms with Gasteiger partial charge in [0, 0.05) is 44.3 Å². The minimum atomic E-state index is 0.697. The van der Waals surface area contributed by atoms with Crippen LogP contribution >= 0.6 is 11.3 Å². The minimum absolute atomic E-state index is 0.697. The Balaban J connectivity index is 1.43. The highest BCUT2D eigenvalue weighted by Crippen LogP contribution is 2.13. The number of rotatable bonds is 7. The Kier molecular flexibility index (Phi) is 7.62. The van der Waals surface area contributed by atoms with Gasteiger partial charge in [0.15, 0.2) is 5.96 Å². The molecule has 1 aromatic heterocycles. The van der Waals surface area contributed by atoms with Gasteiger partial charge in [-0.1, -0.05) is 31.2 Å². The first-order chi connectivity index (χ1) is 13.3. The second kappa shape index (κ2) is 10.4. The van der Waals surface area contributed by atoms with Crippen LogP contribution in [0.25, 0.3) is 0 Å². The van der Waals surface area contributed by atoms with Gasteiger partial charge in [0.25, 0.3) is 0 Å². The van der Waals surface area contributed by atoms with E-state index in [2.05, 4.69) is 56.7 Å². The minimum Gasteiger partial charge on any atom is -0.379 e. The number of hydrogen-bond donors (Lipinski definition) is 2. The number of thiazole rings is 1. The zero-order valence-electron chi connectivity index (χ0n) is 16.2. The molecule has 2 heterocycles. The number of hydrogen-bond acceptors (Lipinski definition) is 5. The number of guanidine groups is 1. The van der Waals surface area contributed by atoms with Crippen LogP contribution < -0.4 is 10.6 Å². The molecule has 146 valence electrons. The van der Waals surface area contributed by atoms with Crippen LogP contribution in [0.2, 0.25) is 0 Å². The average molecular weight is 388 g/mol. The first-order valence-corrected chi connectivity index (χ1v) is 10.3. The summed E-state index contributed by atoms with van der Waals surface area (Å²) in [7, 11) is 1.79. The first-order valence-electron chi connectivity index (χ1n) is 9.53. The van der Waals surface area contributed by atoms with Gasteiger partial charge in [-0.25, -0.2) is 4.98 Å². The zero-order chi connectivity index (χ0) is 18.9. The third-order valence-electron chi connectivity index (χ3n) is 4.57. The number of aromatic nitrogens is 1. The number of benzene rings is 1. The molecule has 3 rings (SSSR count). The van der Waals surface area contributed by atoms with Gasteiger partial charge in [-0.3, -0.25) is 9.89 Å². The molecule has 1 aliphatic rings. The molecule has 0 radical (unpaired) electrons. The third-order valence-corrected chi connectivity index (χ3v) is 5.72. The summed E-state index contributed by atoms with van der Waals surface area (Å²) in [6.45, 7) is 8.31. The molecule has 1 aromatic carbocycles. The summed E-state index contributed by atoms with van der Waals surface area (Å²) in [6, 6.07) is 8.80. The molecule has 0 spiro atoms. The summed E-state index contributed by atoms with van der Waals surface area (Å²) in [5, 5.41) is 7.78. The number of aryl methyl sites for hydroxylation is 1. The van der Waals surface area contributed by atoms with Crippen molar-refractivity contribution in [1.29, 1.82) is 0 Å². The molecule has 1 saturated heterocycles. The Hall–Kier alpha value is -1.96. The fraction of sp³-hybridized carbons (Fsp3) is 0.500. The molecule has 0 bridgehead atoms. The summed E-state index contributed by atoms with van der Waals surface area (Å²) in [5.41, 5.74) is 2.59. The van der Waals surface area contributed by atoms with Gasteiger partial charge in [-0.05, 0) is 17.5 Å². The molecule has 0 aliphatic carbocycles. The van der Waals surface area contributed by atoms with E-state index in [1.54, 1.807) is 18.4 Å². The quantitative estimate of drug-likeness (QED) is 0.564. The lowest BCUT2D eigenvalue weighted by Crippen LogP contribution is -2.36. The van der Waals surface area contributed by atoms with Crippen molar-refractivity contribution in [2.45, 2.75) is 33.0 Å². The van der Waals surface area contributed by atoms with Crippen molar-refractivity contribution in [3.05, 3.63) is 51.5 Å². The van der Waals surface area contributed by atoms with Crippen molar-refractivity contribution in [2.75, 3.05) is 33.4 Å². The number of ether oxygens (including phenoxy) is 1. The van der Waals surface area contributed by atoms with Crippen LogP contribution in [0.1, 0.15) is 27.9 Å². The first kappa shape index (κ1) is 19.8. The van der Waals surface area contributed by atoms with Gasteiger partial charge in [-0.2, -0.15) is 0 Å². The summed E-state index contributed by atoms with van der Waals surface area (Å²) in [6.07, 6.45) is 2.99. The van der Waals surface area contributed by atoms with E-state index in [0.717, 1.165) is 56.8 Å². The SMILES string of the molecule is CCc1cnc(CNC(=NC)NCc2ccc(CN3CCOCC3)cc2)s1. The van der Waals surface area contributed by atoms with E-state index >= 15 is 0 Å². The highest BCUT2D eigenvalue weighted by Gasteiger charge is 2.10. The lowest BCUT2D eigenvalue weighted by molar-refractivity contribution is 0.0342. The number of aliphatic imine (C=N–C) groups is 1. The molecular weight excluding hydrogens is 358 g/mol. The molecule has 2 aromatic rings. The molecule has 6 nitrogen and oxygen atoms in total. The normalized spacial score (nSPS) is 15.7. The number of nitrogens with one attached hydrogen (secondary N) is 2. The van der Waals surface area contributed by atoms with Gasteiger partial charge >= 0.3 is 0 Å². The zero-order valence-corrected chi connectivity index (χ0v) is 17.0. The fourth-order valence-corrected chi connectivity index (χ4v) is 3.74. The van der Waals surface area contributed by atoms with Gasteiger partial charge < -0.3 is 15.4 Å². The average Bonchev–Trinajstić information content (AvgIpc) is 3.18. The maximum absolute atomic E-state index is 5.41. The van der Waals surface area contributed by atoms with Gasteiger partial charge in [-0.15, -0.1) is 11.3 Å². The molecule has 0 unspecified atom stereocenters. The van der Waals surface area contributed by atoms with Crippen LogP contribution in [0.15, 0.2) is 35.5 Å². The Morgan fingerprint density at radius 3 is 2.52 bits per heavy atom. The summed E-state index contributed by atoms with van der Waals surface area (Å²) >= 11 is 1.75. The van der Waals surface area contributed by atoms with E-state index in [1.165, 1.54) is 16.0 Å². The van der Waals surface area contributed by atoms with Crippen LogP contribution in [0.4, 0.5) is 0 Å². The van der Waals surface area contributed by atoms with Crippen LogP contribution in [0.3, 0.4) is 0 Å². The lowest BCUT2D eigenvalue weighted by atomic mass is 10.1. The lowest BCUT2D eigenvalue weighted by Gasteiger charge is -2.26. The molecule has 7 heteroatoms. The Bertz CT molecular complexity index is 722. The molecule has 0 amide bonds. The van der Waals surface area contributed by atoms with Crippen molar-refractivity contribution < 1.29 is 4.74 Å². The summed E-state index contributed by atoms with van der Waals surface area (Å²) < 4.78 is 5.41. The number of nitrogens with zero attached hydrogens (tertiary/aromatic N) is 3. The summed E-state index contributed by atoms with van der Waals surface area (Å²) in [5.74, 6) is 0.792. The van der Waals surface area contributed by atoms with E-state index < -0.39 is 0 Å². The van der Waals surface area contributed by atoms with Crippen LogP contribution in [-0.4, -0.2) is 49.2 Å². The highest BCUT2D eigenvalue weighted by atomic mass is 32.1. The topological polar surface area (TPSA) is 61.8 Å². The van der Waals surface area contributed by atoms with Gasteiger partial charge in [0.2, 0.25) is 0 Å². The standard InChI is InChI=1S/C20H29N5OS/c1-3-18-13-22-19(27-18)14-24-20(21-2)23-12-16-4-6-17(7-5-16)15-25-8-10-26-11-9-25/h4-7,13H,3,8-12,14-15H2,1-2H3,(H2,21,23,24). The predicted octanol–water partition coefficient (Wildman–Crippen LogP) is 2.40. The molecule has 0 atom stereocenters. The van der Waals surface area contributed by atoms with Crippen molar-refractivity contribution in [1.82, 2.24) is 20.5 Å². The molecular formula is C20H29N5OS. The van der Waals surface area contributed by atoms with Crippen LogP contribution in [0, 0.1) is 0 Å². The molecule has 27 heavy (non-hydrogen) atoms. The number of morpholine rings is 1.